The molecule has 0 saturated carbocycles. The van der Waals surface area contributed by atoms with E-state index in [1.54, 1.807) is 0 Å². The average molecular weight is 249 g/mol. The van der Waals surface area contributed by atoms with E-state index in [0.29, 0.717) is 18.7 Å². The topological polar surface area (TPSA) is 66.3 Å². The molecule has 1 fully saturated rings. The first kappa shape index (κ1) is 12.8. The zero-order valence-corrected chi connectivity index (χ0v) is 11.1. The molecule has 0 bridgehead atoms. The standard InChI is InChI=1S/C13H19N3O2/c1-4-13(12(17)18)6-5-7-16(13)11-8-9(2)14-10(3)15-11/h8H,4-7H2,1-3H3,(H,17,18). The highest BCUT2D eigenvalue weighted by Crippen LogP contribution is 2.36. The Bertz CT molecular complexity index is 455. The third-order valence-electron chi connectivity index (χ3n) is 3.70. The van der Waals surface area contributed by atoms with Crippen LogP contribution in [0.25, 0.3) is 0 Å². The fourth-order valence-electron chi connectivity index (χ4n) is 2.79. The van der Waals surface area contributed by atoms with Crippen molar-refractivity contribution in [2.75, 3.05) is 11.4 Å². The number of nitrogens with zero attached hydrogens (tertiary/aromatic N) is 3. The van der Waals surface area contributed by atoms with Crippen molar-refractivity contribution in [2.45, 2.75) is 45.6 Å². The monoisotopic (exact) mass is 249 g/mol. The van der Waals surface area contributed by atoms with Crippen LogP contribution in [0.2, 0.25) is 0 Å². The van der Waals surface area contributed by atoms with Gasteiger partial charge in [-0.1, -0.05) is 6.92 Å². The van der Waals surface area contributed by atoms with E-state index >= 15 is 0 Å². The van der Waals surface area contributed by atoms with E-state index in [2.05, 4.69) is 9.97 Å². The van der Waals surface area contributed by atoms with E-state index < -0.39 is 11.5 Å². The SMILES string of the molecule is CCC1(C(=O)O)CCCN1c1cc(C)nc(C)n1. The van der Waals surface area contributed by atoms with Gasteiger partial charge < -0.3 is 10.0 Å². The van der Waals surface area contributed by atoms with Crippen LogP contribution in [0.5, 0.6) is 0 Å². The van der Waals surface area contributed by atoms with Gasteiger partial charge in [0.05, 0.1) is 0 Å². The normalized spacial score (nSPS) is 23.4. The second-order valence-corrected chi connectivity index (χ2v) is 4.86. The van der Waals surface area contributed by atoms with Gasteiger partial charge in [0, 0.05) is 18.3 Å². The number of aromatic nitrogens is 2. The van der Waals surface area contributed by atoms with Crippen molar-refractivity contribution in [1.82, 2.24) is 9.97 Å². The lowest BCUT2D eigenvalue weighted by Gasteiger charge is -2.34. The Kier molecular flexibility index (Phi) is 3.24. The summed E-state index contributed by atoms with van der Waals surface area (Å²) in [7, 11) is 0. The minimum absolute atomic E-state index is 0.588. The molecule has 1 aromatic heterocycles. The van der Waals surface area contributed by atoms with Gasteiger partial charge >= 0.3 is 5.97 Å². The van der Waals surface area contributed by atoms with Crippen molar-refractivity contribution < 1.29 is 9.90 Å². The van der Waals surface area contributed by atoms with Crippen LogP contribution in [-0.4, -0.2) is 33.1 Å². The minimum atomic E-state index is -0.798. The van der Waals surface area contributed by atoms with E-state index in [1.807, 2.05) is 31.7 Å². The van der Waals surface area contributed by atoms with Crippen LogP contribution in [0.1, 0.15) is 37.7 Å². The Labute approximate surface area is 107 Å². The molecule has 2 rings (SSSR count). The third kappa shape index (κ3) is 1.94. The van der Waals surface area contributed by atoms with E-state index in [9.17, 15) is 9.90 Å². The third-order valence-corrected chi connectivity index (χ3v) is 3.70. The van der Waals surface area contributed by atoms with Gasteiger partial charge in [-0.05, 0) is 33.1 Å². The van der Waals surface area contributed by atoms with Crippen LogP contribution >= 0.6 is 0 Å². The minimum Gasteiger partial charge on any atom is -0.479 e. The molecular weight excluding hydrogens is 230 g/mol. The van der Waals surface area contributed by atoms with Crippen LogP contribution in [0.4, 0.5) is 5.82 Å². The largest absolute Gasteiger partial charge is 0.479 e. The van der Waals surface area contributed by atoms with Crippen molar-refractivity contribution in [3.05, 3.63) is 17.6 Å². The van der Waals surface area contributed by atoms with Crippen molar-refractivity contribution in [3.63, 3.8) is 0 Å². The Morgan fingerprint density at radius 2 is 2.22 bits per heavy atom. The molecule has 0 spiro atoms. The summed E-state index contributed by atoms with van der Waals surface area (Å²) in [6.45, 7) is 6.41. The summed E-state index contributed by atoms with van der Waals surface area (Å²) in [6.07, 6.45) is 2.16. The molecule has 1 aliphatic rings. The molecule has 1 N–H and O–H groups in total. The predicted molar refractivity (Wildman–Crippen MR) is 68.7 cm³/mol. The number of aliphatic carboxylic acids is 1. The van der Waals surface area contributed by atoms with Crippen molar-refractivity contribution in [3.8, 4) is 0 Å². The molecule has 98 valence electrons. The summed E-state index contributed by atoms with van der Waals surface area (Å²) >= 11 is 0. The molecule has 1 aliphatic heterocycles. The van der Waals surface area contributed by atoms with Crippen molar-refractivity contribution >= 4 is 11.8 Å². The Hall–Kier alpha value is -1.65. The van der Waals surface area contributed by atoms with Crippen LogP contribution in [0, 0.1) is 13.8 Å². The molecule has 0 aromatic carbocycles. The molecule has 1 unspecified atom stereocenters. The number of rotatable bonds is 3. The first-order valence-corrected chi connectivity index (χ1v) is 6.33. The van der Waals surface area contributed by atoms with E-state index in [-0.39, 0.29) is 0 Å². The Morgan fingerprint density at radius 1 is 1.50 bits per heavy atom. The van der Waals surface area contributed by atoms with Gasteiger partial charge in [-0.15, -0.1) is 0 Å². The maximum atomic E-state index is 11.6. The maximum Gasteiger partial charge on any atom is 0.329 e. The predicted octanol–water partition coefficient (Wildman–Crippen LogP) is 1.93. The van der Waals surface area contributed by atoms with Gasteiger partial charge in [0.15, 0.2) is 0 Å². The number of anilines is 1. The van der Waals surface area contributed by atoms with Gasteiger partial charge in [0.25, 0.3) is 0 Å². The Morgan fingerprint density at radius 3 is 2.78 bits per heavy atom. The molecule has 1 atom stereocenters. The molecule has 0 aliphatic carbocycles. The molecular formula is C13H19N3O2. The van der Waals surface area contributed by atoms with Crippen molar-refractivity contribution in [2.24, 2.45) is 0 Å². The second-order valence-electron chi connectivity index (χ2n) is 4.86. The number of aryl methyl sites for hydroxylation is 2. The molecule has 5 nitrogen and oxygen atoms in total. The van der Waals surface area contributed by atoms with E-state index in [1.165, 1.54) is 0 Å². The fourth-order valence-corrected chi connectivity index (χ4v) is 2.79. The molecule has 1 saturated heterocycles. The quantitative estimate of drug-likeness (QED) is 0.886. The first-order valence-electron chi connectivity index (χ1n) is 6.33. The zero-order chi connectivity index (χ0) is 13.3. The van der Waals surface area contributed by atoms with Gasteiger partial charge in [0.1, 0.15) is 17.2 Å². The molecule has 5 heteroatoms. The summed E-state index contributed by atoms with van der Waals surface area (Å²) in [4.78, 5) is 22.2. The molecule has 2 heterocycles. The van der Waals surface area contributed by atoms with Crippen LogP contribution < -0.4 is 4.90 Å². The van der Waals surface area contributed by atoms with Crippen LogP contribution in [0.3, 0.4) is 0 Å². The summed E-state index contributed by atoms with van der Waals surface area (Å²) in [5.41, 5.74) is 0.0764. The summed E-state index contributed by atoms with van der Waals surface area (Å²) < 4.78 is 0. The smallest absolute Gasteiger partial charge is 0.329 e. The summed E-state index contributed by atoms with van der Waals surface area (Å²) in [5, 5.41) is 9.55. The van der Waals surface area contributed by atoms with Gasteiger partial charge in [-0.2, -0.15) is 0 Å². The fraction of sp³-hybridized carbons (Fsp3) is 0.615. The van der Waals surface area contributed by atoms with E-state index in [4.69, 9.17) is 0 Å². The highest BCUT2D eigenvalue weighted by molar-refractivity contribution is 5.84. The number of carboxylic acid groups (broad SMARTS) is 1. The summed E-state index contributed by atoms with van der Waals surface area (Å²) in [6, 6.07) is 1.87. The second kappa shape index (κ2) is 4.55. The highest BCUT2D eigenvalue weighted by Gasteiger charge is 2.46. The van der Waals surface area contributed by atoms with Gasteiger partial charge in [-0.3, -0.25) is 0 Å². The number of carbonyl (C=O) groups is 1. The lowest BCUT2D eigenvalue weighted by Crippen LogP contribution is -2.50. The lowest BCUT2D eigenvalue weighted by atomic mass is 9.93. The average Bonchev–Trinajstić information content (AvgIpc) is 2.72. The highest BCUT2D eigenvalue weighted by atomic mass is 16.4. The number of hydrogen-bond donors (Lipinski definition) is 1. The van der Waals surface area contributed by atoms with Gasteiger partial charge in [0.2, 0.25) is 0 Å². The van der Waals surface area contributed by atoms with Crippen LogP contribution in [0.15, 0.2) is 6.07 Å². The molecule has 1 aromatic rings. The zero-order valence-electron chi connectivity index (χ0n) is 11.1. The molecule has 18 heavy (non-hydrogen) atoms. The number of carboxylic acids is 1. The molecule has 0 radical (unpaired) electrons. The Balaban J connectivity index is 2.45. The lowest BCUT2D eigenvalue weighted by molar-refractivity contribution is -0.143. The summed E-state index contributed by atoms with van der Waals surface area (Å²) in [5.74, 6) is 0.672. The van der Waals surface area contributed by atoms with Crippen molar-refractivity contribution in [1.29, 1.82) is 0 Å². The number of hydrogen-bond acceptors (Lipinski definition) is 4. The van der Waals surface area contributed by atoms with Gasteiger partial charge in [-0.25, -0.2) is 14.8 Å². The molecule has 0 amide bonds. The first-order chi connectivity index (χ1) is 8.49. The van der Waals surface area contributed by atoms with Crippen LogP contribution in [-0.2, 0) is 4.79 Å². The maximum absolute atomic E-state index is 11.6. The van der Waals surface area contributed by atoms with E-state index in [0.717, 1.165) is 24.5 Å².